The molecule has 1 aliphatic rings. The number of aryl methyl sites for hydroxylation is 2. The van der Waals surface area contributed by atoms with Crippen LogP contribution in [0, 0.1) is 18.8 Å². The fraction of sp³-hybridized carbons (Fsp3) is 0.667. The van der Waals surface area contributed by atoms with Gasteiger partial charge in [0.2, 0.25) is 5.91 Å². The van der Waals surface area contributed by atoms with Crippen molar-refractivity contribution in [2.75, 3.05) is 18.4 Å². The van der Waals surface area contributed by atoms with Crippen LogP contribution in [0.5, 0.6) is 0 Å². The highest BCUT2D eigenvalue weighted by molar-refractivity contribution is 7.15. The van der Waals surface area contributed by atoms with E-state index in [9.17, 15) is 4.79 Å². The van der Waals surface area contributed by atoms with Crippen LogP contribution in [0.1, 0.15) is 24.4 Å². The van der Waals surface area contributed by atoms with Crippen molar-refractivity contribution in [2.24, 2.45) is 11.8 Å². The largest absolute Gasteiger partial charge is 0.316 e. The summed E-state index contributed by atoms with van der Waals surface area (Å²) in [7, 11) is 0. The first-order valence-electron chi connectivity index (χ1n) is 6.09. The number of carbonyl (C=O) groups is 1. The van der Waals surface area contributed by atoms with Crippen LogP contribution in [0.3, 0.4) is 0 Å². The maximum atomic E-state index is 12.0. The molecule has 17 heavy (non-hydrogen) atoms. The molecule has 2 rings (SSSR count). The van der Waals surface area contributed by atoms with Crippen LogP contribution in [-0.2, 0) is 11.2 Å². The van der Waals surface area contributed by atoms with Gasteiger partial charge in [-0.25, -0.2) is 4.98 Å². The van der Waals surface area contributed by atoms with Gasteiger partial charge in [0.1, 0.15) is 0 Å². The minimum Gasteiger partial charge on any atom is -0.316 e. The SMILES string of the molecule is CCc1nc(NC(=O)[C@@H]2CNC[C@H]2C)sc1C. The van der Waals surface area contributed by atoms with Crippen molar-refractivity contribution in [2.45, 2.75) is 27.2 Å². The summed E-state index contributed by atoms with van der Waals surface area (Å²) in [5.74, 6) is 0.574. The van der Waals surface area contributed by atoms with Crippen molar-refractivity contribution >= 4 is 22.4 Å². The summed E-state index contributed by atoms with van der Waals surface area (Å²) in [6.45, 7) is 7.94. The van der Waals surface area contributed by atoms with Crippen molar-refractivity contribution < 1.29 is 4.79 Å². The van der Waals surface area contributed by atoms with E-state index >= 15 is 0 Å². The molecule has 2 atom stereocenters. The topological polar surface area (TPSA) is 54.0 Å². The molecule has 0 saturated carbocycles. The van der Waals surface area contributed by atoms with Gasteiger partial charge in [0.25, 0.3) is 0 Å². The zero-order valence-corrected chi connectivity index (χ0v) is 11.4. The third kappa shape index (κ3) is 2.66. The van der Waals surface area contributed by atoms with Crippen molar-refractivity contribution in [3.63, 3.8) is 0 Å². The number of hydrogen-bond acceptors (Lipinski definition) is 4. The highest BCUT2D eigenvalue weighted by Crippen LogP contribution is 2.24. The summed E-state index contributed by atoms with van der Waals surface area (Å²) in [5.41, 5.74) is 1.09. The summed E-state index contributed by atoms with van der Waals surface area (Å²) in [6, 6.07) is 0. The second kappa shape index (κ2) is 5.14. The zero-order chi connectivity index (χ0) is 12.4. The maximum Gasteiger partial charge on any atom is 0.230 e. The quantitative estimate of drug-likeness (QED) is 0.864. The van der Waals surface area contributed by atoms with Gasteiger partial charge in [0.05, 0.1) is 11.6 Å². The normalized spacial score (nSPS) is 23.9. The van der Waals surface area contributed by atoms with Crippen molar-refractivity contribution in [1.82, 2.24) is 10.3 Å². The molecule has 0 aromatic carbocycles. The highest BCUT2D eigenvalue weighted by atomic mass is 32.1. The van der Waals surface area contributed by atoms with Crippen LogP contribution >= 0.6 is 11.3 Å². The lowest BCUT2D eigenvalue weighted by atomic mass is 9.97. The van der Waals surface area contributed by atoms with Crippen LogP contribution < -0.4 is 10.6 Å². The lowest BCUT2D eigenvalue weighted by Crippen LogP contribution is -2.27. The number of hydrogen-bond donors (Lipinski definition) is 2. The van der Waals surface area contributed by atoms with Crippen molar-refractivity contribution in [3.8, 4) is 0 Å². The zero-order valence-electron chi connectivity index (χ0n) is 10.5. The number of rotatable bonds is 3. The molecule has 0 spiro atoms. The van der Waals surface area contributed by atoms with Gasteiger partial charge in [-0.1, -0.05) is 13.8 Å². The van der Waals surface area contributed by atoms with E-state index < -0.39 is 0 Å². The summed E-state index contributed by atoms with van der Waals surface area (Å²) in [5, 5.41) is 6.92. The van der Waals surface area contributed by atoms with E-state index in [1.807, 2.05) is 6.92 Å². The number of thiazole rings is 1. The Labute approximate surface area is 106 Å². The Balaban J connectivity index is 2.02. The molecule has 0 unspecified atom stereocenters. The molecule has 1 fully saturated rings. The monoisotopic (exact) mass is 253 g/mol. The third-order valence-electron chi connectivity index (χ3n) is 3.31. The van der Waals surface area contributed by atoms with Gasteiger partial charge in [-0.15, -0.1) is 11.3 Å². The fourth-order valence-corrected chi connectivity index (χ4v) is 3.07. The molecule has 1 aromatic heterocycles. The first-order chi connectivity index (χ1) is 8.11. The number of nitrogens with one attached hydrogen (secondary N) is 2. The summed E-state index contributed by atoms with van der Waals surface area (Å²) in [4.78, 5) is 17.7. The predicted octanol–water partition coefficient (Wildman–Crippen LogP) is 1.81. The summed E-state index contributed by atoms with van der Waals surface area (Å²) >= 11 is 1.56. The van der Waals surface area contributed by atoms with Gasteiger partial charge >= 0.3 is 0 Å². The van der Waals surface area contributed by atoms with Crippen molar-refractivity contribution in [3.05, 3.63) is 10.6 Å². The molecule has 5 heteroatoms. The van der Waals surface area contributed by atoms with Crippen LogP contribution in [0.15, 0.2) is 0 Å². The molecule has 0 bridgehead atoms. The lowest BCUT2D eigenvalue weighted by Gasteiger charge is -2.12. The van der Waals surface area contributed by atoms with Crippen LogP contribution in [0.2, 0.25) is 0 Å². The summed E-state index contributed by atoms with van der Waals surface area (Å²) in [6.07, 6.45) is 0.916. The number of amides is 1. The van der Waals surface area contributed by atoms with Crippen molar-refractivity contribution in [1.29, 1.82) is 0 Å². The molecule has 1 aromatic rings. The first kappa shape index (κ1) is 12.5. The molecular formula is C12H19N3OS. The molecule has 0 aliphatic carbocycles. The van der Waals surface area contributed by atoms with E-state index in [0.29, 0.717) is 5.92 Å². The van der Waals surface area contributed by atoms with Gasteiger partial charge in [-0.3, -0.25) is 4.79 Å². The fourth-order valence-electron chi connectivity index (χ4n) is 2.17. The molecule has 1 aliphatic heterocycles. The van der Waals surface area contributed by atoms with E-state index in [1.54, 1.807) is 11.3 Å². The Morgan fingerprint density at radius 3 is 2.88 bits per heavy atom. The Morgan fingerprint density at radius 2 is 2.35 bits per heavy atom. The van der Waals surface area contributed by atoms with Crippen LogP contribution in [-0.4, -0.2) is 24.0 Å². The van der Waals surface area contributed by atoms with E-state index in [-0.39, 0.29) is 11.8 Å². The molecule has 1 amide bonds. The predicted molar refractivity (Wildman–Crippen MR) is 70.4 cm³/mol. The van der Waals surface area contributed by atoms with E-state index in [4.69, 9.17) is 0 Å². The Hall–Kier alpha value is -0.940. The number of anilines is 1. The molecular weight excluding hydrogens is 234 g/mol. The van der Waals surface area contributed by atoms with Gasteiger partial charge in [-0.2, -0.15) is 0 Å². The number of carbonyl (C=O) groups excluding carboxylic acids is 1. The van der Waals surface area contributed by atoms with Crippen LogP contribution in [0.25, 0.3) is 0 Å². The van der Waals surface area contributed by atoms with Gasteiger partial charge in [0, 0.05) is 11.4 Å². The van der Waals surface area contributed by atoms with Gasteiger partial charge in [-0.05, 0) is 25.8 Å². The molecule has 94 valence electrons. The first-order valence-corrected chi connectivity index (χ1v) is 6.91. The average molecular weight is 253 g/mol. The molecule has 4 nitrogen and oxygen atoms in total. The second-order valence-electron chi connectivity index (χ2n) is 4.61. The lowest BCUT2D eigenvalue weighted by molar-refractivity contribution is -0.120. The molecule has 1 saturated heterocycles. The standard InChI is InChI=1S/C12H19N3OS/c1-4-10-8(3)17-12(14-10)15-11(16)9-6-13-5-7(9)2/h7,9,13H,4-6H2,1-3H3,(H,14,15,16)/t7-,9-/m1/s1. The molecule has 2 heterocycles. The molecule has 0 radical (unpaired) electrons. The van der Waals surface area contributed by atoms with Gasteiger partial charge in [0.15, 0.2) is 5.13 Å². The van der Waals surface area contributed by atoms with Gasteiger partial charge < -0.3 is 10.6 Å². The Bertz CT molecular complexity index is 416. The van der Waals surface area contributed by atoms with E-state index in [2.05, 4.69) is 29.5 Å². The minimum absolute atomic E-state index is 0.0734. The number of nitrogens with zero attached hydrogens (tertiary/aromatic N) is 1. The number of aromatic nitrogens is 1. The smallest absolute Gasteiger partial charge is 0.230 e. The van der Waals surface area contributed by atoms with E-state index in [0.717, 1.165) is 30.3 Å². The average Bonchev–Trinajstić information content (AvgIpc) is 2.84. The second-order valence-corrected chi connectivity index (χ2v) is 5.81. The third-order valence-corrected chi connectivity index (χ3v) is 4.24. The van der Waals surface area contributed by atoms with E-state index in [1.165, 1.54) is 4.88 Å². The Morgan fingerprint density at radius 1 is 1.59 bits per heavy atom. The minimum atomic E-state index is 0.0734. The highest BCUT2D eigenvalue weighted by Gasteiger charge is 2.30. The Kier molecular flexibility index (Phi) is 3.79. The molecule has 2 N–H and O–H groups in total. The maximum absolute atomic E-state index is 12.0. The van der Waals surface area contributed by atoms with Crippen LogP contribution in [0.4, 0.5) is 5.13 Å². The summed E-state index contributed by atoms with van der Waals surface area (Å²) < 4.78 is 0.